The number of rotatable bonds is 4. The highest BCUT2D eigenvalue weighted by Crippen LogP contribution is 2.15. The zero-order valence-electron chi connectivity index (χ0n) is 10.2. The molecule has 16 heavy (non-hydrogen) atoms. The van der Waals surface area contributed by atoms with E-state index in [2.05, 4.69) is 0 Å². The molecule has 3 heteroatoms. The van der Waals surface area contributed by atoms with Gasteiger partial charge in [-0.05, 0) is 25.0 Å². The molecule has 0 aromatic heterocycles. The Bertz CT molecular complexity index is 335. The molecule has 0 aliphatic rings. The van der Waals surface area contributed by atoms with E-state index in [1.807, 2.05) is 51.1 Å². The number of para-hydroxylation sites is 1. The van der Waals surface area contributed by atoms with E-state index in [9.17, 15) is 4.79 Å². The molecule has 0 radical (unpaired) electrons. The Morgan fingerprint density at radius 2 is 1.88 bits per heavy atom. The zero-order valence-corrected chi connectivity index (χ0v) is 10.2. The van der Waals surface area contributed by atoms with Crippen LogP contribution in [0.5, 0.6) is 0 Å². The third-order valence-corrected chi connectivity index (χ3v) is 2.65. The fourth-order valence-electron chi connectivity index (χ4n) is 1.54. The van der Waals surface area contributed by atoms with Crippen molar-refractivity contribution in [3.8, 4) is 0 Å². The largest absolute Gasteiger partial charge is 0.320 e. The highest BCUT2D eigenvalue weighted by atomic mass is 16.2. The third-order valence-electron chi connectivity index (χ3n) is 2.65. The highest BCUT2D eigenvalue weighted by molar-refractivity contribution is 5.97. The number of carbonyl (C=O) groups is 1. The first-order valence-corrected chi connectivity index (χ1v) is 5.70. The molecular formula is C13H20N2O. The molecule has 1 rings (SSSR count). The first-order valence-electron chi connectivity index (χ1n) is 5.70. The van der Waals surface area contributed by atoms with Crippen LogP contribution in [0.4, 0.5) is 5.69 Å². The van der Waals surface area contributed by atoms with Gasteiger partial charge in [-0.25, -0.2) is 0 Å². The maximum absolute atomic E-state index is 12.1. The fourth-order valence-corrected chi connectivity index (χ4v) is 1.54. The minimum atomic E-state index is -0.430. The second-order valence-corrected chi connectivity index (χ2v) is 4.19. The zero-order chi connectivity index (χ0) is 12.1. The number of anilines is 1. The number of nitrogens with zero attached hydrogens (tertiary/aromatic N) is 1. The quantitative estimate of drug-likeness (QED) is 0.843. The van der Waals surface area contributed by atoms with Crippen LogP contribution in [-0.4, -0.2) is 18.5 Å². The molecule has 2 N–H and O–H groups in total. The van der Waals surface area contributed by atoms with E-state index in [0.29, 0.717) is 6.54 Å². The van der Waals surface area contributed by atoms with Gasteiger partial charge in [0, 0.05) is 12.2 Å². The lowest BCUT2D eigenvalue weighted by molar-refractivity contribution is -0.120. The van der Waals surface area contributed by atoms with E-state index in [0.717, 1.165) is 5.69 Å². The molecule has 0 unspecified atom stereocenters. The van der Waals surface area contributed by atoms with Crippen LogP contribution >= 0.6 is 0 Å². The van der Waals surface area contributed by atoms with Gasteiger partial charge >= 0.3 is 0 Å². The van der Waals surface area contributed by atoms with Crippen LogP contribution in [0.25, 0.3) is 0 Å². The molecule has 0 spiro atoms. The number of likely N-dealkylation sites (N-methyl/N-ethyl adjacent to an activating group) is 1. The van der Waals surface area contributed by atoms with Crippen LogP contribution in [0.3, 0.4) is 0 Å². The van der Waals surface area contributed by atoms with Crippen molar-refractivity contribution in [3.05, 3.63) is 30.3 Å². The number of hydrogen-bond donors (Lipinski definition) is 1. The monoisotopic (exact) mass is 220 g/mol. The summed E-state index contributed by atoms with van der Waals surface area (Å²) in [7, 11) is 0. The summed E-state index contributed by atoms with van der Waals surface area (Å²) in [6.07, 6.45) is 0. The van der Waals surface area contributed by atoms with Crippen molar-refractivity contribution >= 4 is 11.6 Å². The van der Waals surface area contributed by atoms with Crippen LogP contribution in [0, 0.1) is 5.92 Å². The lowest BCUT2D eigenvalue weighted by Crippen LogP contribution is -2.46. The Hall–Kier alpha value is -1.35. The van der Waals surface area contributed by atoms with Gasteiger partial charge in [0.05, 0.1) is 6.04 Å². The van der Waals surface area contributed by atoms with Crippen LogP contribution in [0.15, 0.2) is 30.3 Å². The van der Waals surface area contributed by atoms with Gasteiger partial charge in [-0.1, -0.05) is 32.0 Å². The molecule has 1 aromatic rings. The first kappa shape index (κ1) is 12.7. The fraction of sp³-hybridized carbons (Fsp3) is 0.462. The summed E-state index contributed by atoms with van der Waals surface area (Å²) in [4.78, 5) is 13.8. The lowest BCUT2D eigenvalue weighted by Gasteiger charge is -2.26. The highest BCUT2D eigenvalue weighted by Gasteiger charge is 2.23. The molecule has 0 heterocycles. The minimum absolute atomic E-state index is 0.0105. The Balaban J connectivity index is 2.87. The summed E-state index contributed by atoms with van der Waals surface area (Å²) in [5.41, 5.74) is 6.79. The van der Waals surface area contributed by atoms with Crippen molar-refractivity contribution in [2.75, 3.05) is 11.4 Å². The van der Waals surface area contributed by atoms with Crippen molar-refractivity contribution < 1.29 is 4.79 Å². The van der Waals surface area contributed by atoms with Crippen LogP contribution < -0.4 is 10.6 Å². The van der Waals surface area contributed by atoms with E-state index >= 15 is 0 Å². The first-order chi connectivity index (χ1) is 7.57. The summed E-state index contributed by atoms with van der Waals surface area (Å²) in [5.74, 6) is 0.147. The topological polar surface area (TPSA) is 46.3 Å². The number of amides is 1. The smallest absolute Gasteiger partial charge is 0.244 e. The summed E-state index contributed by atoms with van der Waals surface area (Å²) in [6, 6.07) is 9.20. The average molecular weight is 220 g/mol. The Kier molecular flexibility index (Phi) is 4.50. The maximum atomic E-state index is 12.1. The Morgan fingerprint density at radius 1 is 1.31 bits per heavy atom. The number of benzene rings is 1. The van der Waals surface area contributed by atoms with Gasteiger partial charge in [-0.3, -0.25) is 4.79 Å². The van der Waals surface area contributed by atoms with Gasteiger partial charge in [0.1, 0.15) is 0 Å². The molecule has 88 valence electrons. The van der Waals surface area contributed by atoms with Crippen molar-refractivity contribution in [2.24, 2.45) is 11.7 Å². The molecule has 0 saturated heterocycles. The average Bonchev–Trinajstić information content (AvgIpc) is 2.30. The second kappa shape index (κ2) is 5.66. The van der Waals surface area contributed by atoms with E-state index in [-0.39, 0.29) is 11.8 Å². The van der Waals surface area contributed by atoms with Gasteiger partial charge in [0.25, 0.3) is 0 Å². The summed E-state index contributed by atoms with van der Waals surface area (Å²) >= 11 is 0. The molecule has 3 nitrogen and oxygen atoms in total. The van der Waals surface area contributed by atoms with E-state index < -0.39 is 6.04 Å². The molecule has 0 aliphatic carbocycles. The summed E-state index contributed by atoms with van der Waals surface area (Å²) in [5, 5.41) is 0. The van der Waals surface area contributed by atoms with Gasteiger partial charge < -0.3 is 10.6 Å². The van der Waals surface area contributed by atoms with Crippen molar-refractivity contribution in [3.63, 3.8) is 0 Å². The molecule has 1 amide bonds. The molecule has 1 atom stereocenters. The van der Waals surface area contributed by atoms with Crippen molar-refractivity contribution in [2.45, 2.75) is 26.8 Å². The van der Waals surface area contributed by atoms with E-state index in [4.69, 9.17) is 5.73 Å². The second-order valence-electron chi connectivity index (χ2n) is 4.19. The molecule has 0 aliphatic heterocycles. The number of hydrogen-bond acceptors (Lipinski definition) is 2. The van der Waals surface area contributed by atoms with Crippen LogP contribution in [-0.2, 0) is 4.79 Å². The van der Waals surface area contributed by atoms with Gasteiger partial charge in [0.15, 0.2) is 0 Å². The molecule has 1 aromatic carbocycles. The maximum Gasteiger partial charge on any atom is 0.244 e. The predicted molar refractivity (Wildman–Crippen MR) is 67.3 cm³/mol. The van der Waals surface area contributed by atoms with Gasteiger partial charge in [-0.2, -0.15) is 0 Å². The van der Waals surface area contributed by atoms with Crippen molar-refractivity contribution in [1.29, 1.82) is 0 Å². The van der Waals surface area contributed by atoms with Gasteiger partial charge in [0.2, 0.25) is 5.91 Å². The SMILES string of the molecule is CCN(C(=O)[C@H](N)C(C)C)c1ccccc1. The van der Waals surface area contributed by atoms with Crippen LogP contribution in [0.1, 0.15) is 20.8 Å². The summed E-state index contributed by atoms with van der Waals surface area (Å²) < 4.78 is 0. The number of carbonyl (C=O) groups excluding carboxylic acids is 1. The number of nitrogens with two attached hydrogens (primary N) is 1. The molecule has 0 fully saturated rings. The Morgan fingerprint density at radius 3 is 2.31 bits per heavy atom. The Labute approximate surface area is 97.2 Å². The van der Waals surface area contributed by atoms with Crippen LogP contribution in [0.2, 0.25) is 0 Å². The third kappa shape index (κ3) is 2.83. The lowest BCUT2D eigenvalue weighted by atomic mass is 10.0. The van der Waals surface area contributed by atoms with Gasteiger partial charge in [-0.15, -0.1) is 0 Å². The predicted octanol–water partition coefficient (Wildman–Crippen LogP) is 2.02. The van der Waals surface area contributed by atoms with E-state index in [1.54, 1.807) is 4.90 Å². The molecular weight excluding hydrogens is 200 g/mol. The molecule has 0 saturated carbocycles. The molecule has 0 bridgehead atoms. The summed E-state index contributed by atoms with van der Waals surface area (Å²) in [6.45, 7) is 6.52. The minimum Gasteiger partial charge on any atom is -0.320 e. The van der Waals surface area contributed by atoms with E-state index in [1.165, 1.54) is 0 Å². The standard InChI is InChI=1S/C13H20N2O/c1-4-15(11-8-6-5-7-9-11)13(16)12(14)10(2)3/h5-10,12H,4,14H2,1-3H3/t12-/m1/s1. The normalized spacial score (nSPS) is 12.6. The van der Waals surface area contributed by atoms with Crippen molar-refractivity contribution in [1.82, 2.24) is 0 Å².